The maximum absolute atomic E-state index is 11.5. The average Bonchev–Trinajstić information content (AvgIpc) is 2.90. The zero-order valence-corrected chi connectivity index (χ0v) is 9.25. The van der Waals surface area contributed by atoms with E-state index in [1.54, 1.807) is 6.20 Å². The summed E-state index contributed by atoms with van der Waals surface area (Å²) in [6, 6.07) is 0. The Kier molecular flexibility index (Phi) is 2.86. The van der Waals surface area contributed by atoms with E-state index in [0.29, 0.717) is 16.9 Å². The largest absolute Gasteiger partial charge is 0.351 e. The molecule has 14 heavy (non-hydrogen) atoms. The molecule has 1 aliphatic rings. The number of nitrogens with one attached hydrogen (secondary N) is 2. The highest BCUT2D eigenvalue weighted by Crippen LogP contribution is 2.36. The fourth-order valence-electron chi connectivity index (χ4n) is 1.29. The average molecular weight is 258 g/mol. The molecule has 0 bridgehead atoms. The van der Waals surface area contributed by atoms with Crippen molar-refractivity contribution in [3.63, 3.8) is 0 Å². The molecule has 1 aromatic rings. The number of hydrogen-bond donors (Lipinski definition) is 2. The van der Waals surface area contributed by atoms with Crippen LogP contribution in [-0.2, 0) is 0 Å². The summed E-state index contributed by atoms with van der Waals surface area (Å²) in [7, 11) is 0. The minimum absolute atomic E-state index is 0.0659. The molecule has 1 unspecified atom stereocenters. The molecule has 0 radical (unpaired) electrons. The Balaban J connectivity index is 1.77. The van der Waals surface area contributed by atoms with E-state index >= 15 is 0 Å². The first-order valence-corrected chi connectivity index (χ1v) is 5.60. The molecule has 1 aromatic heterocycles. The highest BCUT2D eigenvalue weighted by molar-refractivity contribution is 9.09. The van der Waals surface area contributed by atoms with Crippen molar-refractivity contribution in [2.24, 2.45) is 5.92 Å². The fourth-order valence-corrected chi connectivity index (χ4v) is 1.98. The molecule has 4 nitrogen and oxygen atoms in total. The van der Waals surface area contributed by atoms with Gasteiger partial charge in [-0.05, 0) is 18.8 Å². The third kappa shape index (κ3) is 2.35. The van der Waals surface area contributed by atoms with Gasteiger partial charge in [-0.2, -0.15) is 5.10 Å². The zero-order chi connectivity index (χ0) is 9.97. The molecule has 2 rings (SSSR count). The minimum atomic E-state index is -0.0659. The molecule has 0 saturated heterocycles. The van der Waals surface area contributed by atoms with E-state index in [1.807, 2.05) is 0 Å². The number of aromatic nitrogens is 2. The normalized spacial score (nSPS) is 17.8. The third-order valence-corrected chi connectivity index (χ3v) is 3.42. The number of amides is 1. The van der Waals surface area contributed by atoms with Crippen molar-refractivity contribution >= 4 is 21.8 Å². The number of hydrogen-bond acceptors (Lipinski definition) is 2. The maximum Gasteiger partial charge on any atom is 0.254 e. The molecule has 1 saturated carbocycles. The van der Waals surface area contributed by atoms with Crippen LogP contribution in [0.5, 0.6) is 0 Å². The van der Waals surface area contributed by atoms with Gasteiger partial charge in [-0.1, -0.05) is 15.9 Å². The molecule has 1 atom stereocenters. The standard InChI is InChI=1S/C9H12BrN3O/c10-8(6-1-2-6)5-11-9(14)7-3-12-13-4-7/h3-4,6,8H,1-2,5H2,(H,11,14)(H,12,13). The van der Waals surface area contributed by atoms with Gasteiger partial charge in [0.2, 0.25) is 0 Å². The molecule has 1 amide bonds. The third-order valence-electron chi connectivity index (χ3n) is 2.35. The second kappa shape index (κ2) is 4.13. The van der Waals surface area contributed by atoms with E-state index < -0.39 is 0 Å². The van der Waals surface area contributed by atoms with Gasteiger partial charge >= 0.3 is 0 Å². The summed E-state index contributed by atoms with van der Waals surface area (Å²) in [6.07, 6.45) is 5.67. The monoisotopic (exact) mass is 257 g/mol. The highest BCUT2D eigenvalue weighted by Gasteiger charge is 2.29. The van der Waals surface area contributed by atoms with Crippen LogP contribution in [0, 0.1) is 5.92 Å². The van der Waals surface area contributed by atoms with Gasteiger partial charge in [0.1, 0.15) is 0 Å². The molecule has 1 fully saturated rings. The number of halogens is 1. The maximum atomic E-state index is 11.5. The summed E-state index contributed by atoms with van der Waals surface area (Å²) in [5.41, 5.74) is 0.584. The molecule has 5 heteroatoms. The van der Waals surface area contributed by atoms with Crippen LogP contribution in [0.25, 0.3) is 0 Å². The Labute approximate surface area is 90.6 Å². The van der Waals surface area contributed by atoms with E-state index in [-0.39, 0.29) is 5.91 Å². The van der Waals surface area contributed by atoms with E-state index in [4.69, 9.17) is 0 Å². The highest BCUT2D eigenvalue weighted by atomic mass is 79.9. The Hall–Kier alpha value is -0.840. The van der Waals surface area contributed by atoms with E-state index in [2.05, 4.69) is 31.4 Å². The minimum Gasteiger partial charge on any atom is -0.351 e. The van der Waals surface area contributed by atoms with Crippen molar-refractivity contribution in [1.82, 2.24) is 15.5 Å². The predicted molar refractivity (Wildman–Crippen MR) is 56.4 cm³/mol. The SMILES string of the molecule is O=C(NCC(Br)C1CC1)c1cn[nH]c1. The zero-order valence-electron chi connectivity index (χ0n) is 7.66. The van der Waals surface area contributed by atoms with Crippen LogP contribution in [-0.4, -0.2) is 27.5 Å². The smallest absolute Gasteiger partial charge is 0.254 e. The molecule has 0 aliphatic heterocycles. The lowest BCUT2D eigenvalue weighted by atomic mass is 10.3. The van der Waals surface area contributed by atoms with Gasteiger partial charge < -0.3 is 5.32 Å². The van der Waals surface area contributed by atoms with Crippen molar-refractivity contribution in [3.8, 4) is 0 Å². The molecule has 1 heterocycles. The number of alkyl halides is 1. The van der Waals surface area contributed by atoms with Crippen molar-refractivity contribution in [2.75, 3.05) is 6.54 Å². The second-order valence-electron chi connectivity index (χ2n) is 3.55. The fraction of sp³-hybridized carbons (Fsp3) is 0.556. The van der Waals surface area contributed by atoms with Gasteiger partial charge in [0.15, 0.2) is 0 Å². The lowest BCUT2D eigenvalue weighted by Gasteiger charge is -2.08. The van der Waals surface area contributed by atoms with Gasteiger partial charge in [-0.25, -0.2) is 0 Å². The summed E-state index contributed by atoms with van der Waals surface area (Å²) >= 11 is 3.56. The summed E-state index contributed by atoms with van der Waals surface area (Å²) in [4.78, 5) is 11.9. The molecule has 76 valence electrons. The molecule has 1 aliphatic carbocycles. The first-order chi connectivity index (χ1) is 6.77. The number of H-pyrrole nitrogens is 1. The quantitative estimate of drug-likeness (QED) is 0.800. The van der Waals surface area contributed by atoms with Gasteiger partial charge in [0.05, 0.1) is 11.8 Å². The van der Waals surface area contributed by atoms with Crippen molar-refractivity contribution in [3.05, 3.63) is 18.0 Å². The molecular formula is C9H12BrN3O. The van der Waals surface area contributed by atoms with Crippen LogP contribution < -0.4 is 5.32 Å². The summed E-state index contributed by atoms with van der Waals surface area (Å²) < 4.78 is 0. The predicted octanol–water partition coefficient (Wildman–Crippen LogP) is 1.31. The number of aromatic amines is 1. The summed E-state index contributed by atoms with van der Waals surface area (Å²) in [5.74, 6) is 0.684. The van der Waals surface area contributed by atoms with E-state index in [9.17, 15) is 4.79 Å². The Morgan fingerprint density at radius 1 is 1.79 bits per heavy atom. The number of carbonyl (C=O) groups is 1. The lowest BCUT2D eigenvalue weighted by molar-refractivity contribution is 0.0953. The van der Waals surface area contributed by atoms with E-state index in [0.717, 1.165) is 5.92 Å². The second-order valence-corrected chi connectivity index (χ2v) is 4.73. The number of carbonyl (C=O) groups excluding carboxylic acids is 1. The summed E-state index contributed by atoms with van der Waals surface area (Å²) in [6.45, 7) is 0.689. The van der Waals surface area contributed by atoms with Gasteiger partial charge in [-0.3, -0.25) is 9.89 Å². The first-order valence-electron chi connectivity index (χ1n) is 4.68. The molecule has 0 spiro atoms. The van der Waals surface area contributed by atoms with Crippen LogP contribution in [0.3, 0.4) is 0 Å². The van der Waals surface area contributed by atoms with Crippen molar-refractivity contribution < 1.29 is 4.79 Å². The van der Waals surface area contributed by atoms with Gasteiger partial charge in [-0.15, -0.1) is 0 Å². The van der Waals surface area contributed by atoms with Gasteiger partial charge in [0.25, 0.3) is 5.91 Å². The van der Waals surface area contributed by atoms with Crippen LogP contribution >= 0.6 is 15.9 Å². The van der Waals surface area contributed by atoms with Crippen molar-refractivity contribution in [1.29, 1.82) is 0 Å². The first kappa shape index (κ1) is 9.71. The van der Waals surface area contributed by atoms with Gasteiger partial charge in [0, 0.05) is 17.6 Å². The van der Waals surface area contributed by atoms with Crippen LogP contribution in [0.1, 0.15) is 23.2 Å². The lowest BCUT2D eigenvalue weighted by Crippen LogP contribution is -2.30. The van der Waals surface area contributed by atoms with E-state index in [1.165, 1.54) is 19.0 Å². The molecule has 2 N–H and O–H groups in total. The van der Waals surface area contributed by atoms with Crippen LogP contribution in [0.4, 0.5) is 0 Å². The topological polar surface area (TPSA) is 57.8 Å². The van der Waals surface area contributed by atoms with Crippen LogP contribution in [0.15, 0.2) is 12.4 Å². The molecule has 0 aromatic carbocycles. The van der Waals surface area contributed by atoms with Crippen LogP contribution in [0.2, 0.25) is 0 Å². The van der Waals surface area contributed by atoms with Crippen molar-refractivity contribution in [2.45, 2.75) is 17.7 Å². The Morgan fingerprint density at radius 3 is 3.14 bits per heavy atom. The Bertz CT molecular complexity index is 308. The molecular weight excluding hydrogens is 246 g/mol. The number of rotatable bonds is 4. The number of nitrogens with zero attached hydrogens (tertiary/aromatic N) is 1. The summed E-state index contributed by atoms with van der Waals surface area (Å²) in [5, 5.41) is 9.19. The Morgan fingerprint density at radius 2 is 2.57 bits per heavy atom.